The predicted octanol–water partition coefficient (Wildman–Crippen LogP) is 3.90. The minimum Gasteiger partial charge on any atom is -0.465 e. The standard InChI is InChI=1S/C18H27NO4S/c1-16(2)10-12(11-17(3,4)18(16)22-7-8-23-18)19-13-6-9-24-14(13)15(20)21-5/h6,9,12,19H,7-8,10-11H2,1-5H3. The molecule has 0 aromatic carbocycles. The molecule has 6 heteroatoms. The summed E-state index contributed by atoms with van der Waals surface area (Å²) < 4.78 is 17.2. The summed E-state index contributed by atoms with van der Waals surface area (Å²) in [4.78, 5) is 12.5. The van der Waals surface area contributed by atoms with Gasteiger partial charge in [0.2, 0.25) is 0 Å². The monoisotopic (exact) mass is 353 g/mol. The van der Waals surface area contributed by atoms with E-state index < -0.39 is 5.79 Å². The zero-order valence-electron chi connectivity index (χ0n) is 15.1. The van der Waals surface area contributed by atoms with Gasteiger partial charge < -0.3 is 19.5 Å². The normalized spacial score (nSPS) is 24.9. The summed E-state index contributed by atoms with van der Waals surface area (Å²) in [6.45, 7) is 10.2. The van der Waals surface area contributed by atoms with Gasteiger partial charge in [-0.25, -0.2) is 4.79 Å². The number of esters is 1. The zero-order valence-corrected chi connectivity index (χ0v) is 15.9. The quantitative estimate of drug-likeness (QED) is 0.835. The van der Waals surface area contributed by atoms with E-state index in [9.17, 15) is 4.79 Å². The lowest BCUT2D eigenvalue weighted by Crippen LogP contribution is -2.62. The van der Waals surface area contributed by atoms with Crippen molar-refractivity contribution in [3.8, 4) is 0 Å². The number of carbonyl (C=O) groups excluding carboxylic acids is 1. The molecule has 1 saturated carbocycles. The number of anilines is 1. The first kappa shape index (κ1) is 17.7. The summed E-state index contributed by atoms with van der Waals surface area (Å²) >= 11 is 1.40. The summed E-state index contributed by atoms with van der Waals surface area (Å²) in [6, 6.07) is 2.19. The number of nitrogens with one attached hydrogen (secondary N) is 1. The van der Waals surface area contributed by atoms with Gasteiger partial charge in [-0.1, -0.05) is 27.7 Å². The molecule has 24 heavy (non-hydrogen) atoms. The number of ether oxygens (including phenoxy) is 3. The number of carbonyl (C=O) groups is 1. The highest BCUT2D eigenvalue weighted by Gasteiger charge is 2.63. The Hall–Kier alpha value is -1.11. The first-order chi connectivity index (χ1) is 11.2. The van der Waals surface area contributed by atoms with Crippen LogP contribution in [0.3, 0.4) is 0 Å². The second kappa shape index (κ2) is 6.00. The van der Waals surface area contributed by atoms with Crippen molar-refractivity contribution >= 4 is 23.0 Å². The maximum atomic E-state index is 11.9. The molecule has 0 radical (unpaired) electrons. The van der Waals surface area contributed by atoms with Gasteiger partial charge in [0.25, 0.3) is 0 Å². The van der Waals surface area contributed by atoms with Gasteiger partial charge in [-0.05, 0) is 24.3 Å². The Labute approximate surface area is 147 Å². The SMILES string of the molecule is COC(=O)c1sccc1NC1CC(C)(C)C2(OCCO2)C(C)(C)C1. The van der Waals surface area contributed by atoms with Crippen molar-refractivity contribution in [2.75, 3.05) is 25.6 Å². The molecule has 0 unspecified atom stereocenters. The highest BCUT2D eigenvalue weighted by atomic mass is 32.1. The van der Waals surface area contributed by atoms with Crippen LogP contribution in [0.1, 0.15) is 50.2 Å². The maximum absolute atomic E-state index is 11.9. The second-order valence-corrected chi connectivity index (χ2v) is 8.90. The number of methoxy groups -OCH3 is 1. The Morgan fingerprint density at radius 1 is 1.21 bits per heavy atom. The second-order valence-electron chi connectivity index (χ2n) is 7.99. The largest absolute Gasteiger partial charge is 0.465 e. The molecule has 5 nitrogen and oxygen atoms in total. The zero-order chi connectivity index (χ0) is 17.6. The molecule has 134 valence electrons. The molecule has 1 N–H and O–H groups in total. The van der Waals surface area contributed by atoms with Crippen LogP contribution in [0.5, 0.6) is 0 Å². The van der Waals surface area contributed by atoms with E-state index in [1.165, 1.54) is 18.4 Å². The fourth-order valence-electron chi connectivity index (χ4n) is 4.68. The number of hydrogen-bond donors (Lipinski definition) is 1. The van der Waals surface area contributed by atoms with E-state index in [2.05, 4.69) is 33.0 Å². The molecule has 3 rings (SSSR count). The Morgan fingerprint density at radius 2 is 1.79 bits per heavy atom. The fraction of sp³-hybridized carbons (Fsp3) is 0.722. The van der Waals surface area contributed by atoms with E-state index in [0.717, 1.165) is 18.5 Å². The summed E-state index contributed by atoms with van der Waals surface area (Å²) in [7, 11) is 1.41. The van der Waals surface area contributed by atoms with E-state index in [1.807, 2.05) is 11.4 Å². The average Bonchev–Trinajstić information content (AvgIpc) is 3.14. The molecule has 0 atom stereocenters. The van der Waals surface area contributed by atoms with E-state index in [-0.39, 0.29) is 22.8 Å². The van der Waals surface area contributed by atoms with Crippen molar-refractivity contribution in [2.45, 2.75) is 52.4 Å². The fourth-order valence-corrected chi connectivity index (χ4v) is 5.45. The smallest absolute Gasteiger partial charge is 0.350 e. The molecule has 0 bridgehead atoms. The van der Waals surface area contributed by atoms with E-state index in [1.54, 1.807) is 0 Å². The van der Waals surface area contributed by atoms with Crippen LogP contribution in [-0.2, 0) is 14.2 Å². The molecule has 1 aromatic heterocycles. The Bertz CT molecular complexity index is 596. The van der Waals surface area contributed by atoms with Gasteiger partial charge in [0.1, 0.15) is 4.88 Å². The third-order valence-electron chi connectivity index (χ3n) is 5.38. The first-order valence-corrected chi connectivity index (χ1v) is 9.31. The lowest BCUT2D eigenvalue weighted by Gasteiger charge is -2.57. The first-order valence-electron chi connectivity index (χ1n) is 8.43. The summed E-state index contributed by atoms with van der Waals surface area (Å²) in [5, 5.41) is 5.48. The van der Waals surface area contributed by atoms with Crippen LogP contribution in [-0.4, -0.2) is 38.1 Å². The van der Waals surface area contributed by atoms with E-state index >= 15 is 0 Å². The molecule has 0 amide bonds. The Morgan fingerprint density at radius 3 is 2.33 bits per heavy atom. The molecule has 2 fully saturated rings. The van der Waals surface area contributed by atoms with E-state index in [4.69, 9.17) is 14.2 Å². The van der Waals surface area contributed by atoms with Crippen molar-refractivity contribution in [1.82, 2.24) is 0 Å². The van der Waals surface area contributed by atoms with Crippen molar-refractivity contribution in [1.29, 1.82) is 0 Å². The lowest BCUT2D eigenvalue weighted by atomic mass is 9.58. The summed E-state index contributed by atoms with van der Waals surface area (Å²) in [5.74, 6) is -0.835. The lowest BCUT2D eigenvalue weighted by molar-refractivity contribution is -0.306. The van der Waals surface area contributed by atoms with Crippen LogP contribution in [0, 0.1) is 10.8 Å². The third kappa shape index (κ3) is 2.65. The maximum Gasteiger partial charge on any atom is 0.350 e. The van der Waals surface area contributed by atoms with Crippen molar-refractivity contribution in [3.05, 3.63) is 16.3 Å². The molecular weight excluding hydrogens is 326 g/mol. The number of rotatable bonds is 3. The minimum atomic E-state index is -0.544. The molecule has 1 spiro atoms. The Balaban J connectivity index is 1.83. The van der Waals surface area contributed by atoms with Gasteiger partial charge >= 0.3 is 5.97 Å². The average molecular weight is 353 g/mol. The van der Waals surface area contributed by atoms with Crippen LogP contribution >= 0.6 is 11.3 Å². The molecule has 2 heterocycles. The van der Waals surface area contributed by atoms with Crippen molar-refractivity contribution in [2.24, 2.45) is 10.8 Å². The number of thiophene rings is 1. The molecule has 1 aliphatic heterocycles. The van der Waals surface area contributed by atoms with Crippen molar-refractivity contribution in [3.63, 3.8) is 0 Å². The van der Waals surface area contributed by atoms with Gasteiger partial charge in [-0.15, -0.1) is 11.3 Å². The molecule has 1 saturated heterocycles. The van der Waals surface area contributed by atoms with Gasteiger partial charge in [0.05, 0.1) is 26.0 Å². The van der Waals surface area contributed by atoms with Gasteiger partial charge in [-0.2, -0.15) is 0 Å². The summed E-state index contributed by atoms with van der Waals surface area (Å²) in [6.07, 6.45) is 1.82. The molecule has 1 aliphatic carbocycles. The minimum absolute atomic E-state index is 0.135. The highest BCUT2D eigenvalue weighted by Crippen LogP contribution is 2.58. The van der Waals surface area contributed by atoms with Crippen LogP contribution in [0.2, 0.25) is 0 Å². The summed E-state index contributed by atoms with van der Waals surface area (Å²) in [5.41, 5.74) is 0.585. The number of hydrogen-bond acceptors (Lipinski definition) is 6. The van der Waals surface area contributed by atoms with Crippen LogP contribution < -0.4 is 5.32 Å². The Kier molecular flexibility index (Phi) is 4.43. The third-order valence-corrected chi connectivity index (χ3v) is 6.28. The van der Waals surface area contributed by atoms with Crippen LogP contribution in [0.15, 0.2) is 11.4 Å². The van der Waals surface area contributed by atoms with Gasteiger partial charge in [0, 0.05) is 16.9 Å². The molecule has 2 aliphatic rings. The van der Waals surface area contributed by atoms with Gasteiger partial charge in [-0.3, -0.25) is 0 Å². The van der Waals surface area contributed by atoms with Crippen LogP contribution in [0.4, 0.5) is 5.69 Å². The van der Waals surface area contributed by atoms with E-state index in [0.29, 0.717) is 18.1 Å². The van der Waals surface area contributed by atoms with Gasteiger partial charge in [0.15, 0.2) is 5.79 Å². The molecular formula is C18H27NO4S. The molecule has 1 aromatic rings. The predicted molar refractivity (Wildman–Crippen MR) is 94.5 cm³/mol. The van der Waals surface area contributed by atoms with Crippen molar-refractivity contribution < 1.29 is 19.0 Å². The van der Waals surface area contributed by atoms with Crippen LogP contribution in [0.25, 0.3) is 0 Å². The topological polar surface area (TPSA) is 56.8 Å². The highest BCUT2D eigenvalue weighted by molar-refractivity contribution is 7.12.